The van der Waals surface area contributed by atoms with Gasteiger partial charge in [0.15, 0.2) is 0 Å². The molecule has 0 unspecified atom stereocenters. The Morgan fingerprint density at radius 1 is 0.960 bits per heavy atom. The normalized spacial score (nSPS) is 15.2. The van der Waals surface area contributed by atoms with Gasteiger partial charge in [0.05, 0.1) is 10.6 Å². The maximum Gasteiger partial charge on any atom is 0.354 e. The number of hydrazine groups is 1. The van der Waals surface area contributed by atoms with Crippen LogP contribution in [0.5, 0.6) is 0 Å². The van der Waals surface area contributed by atoms with Crippen molar-refractivity contribution in [2.45, 2.75) is 44.6 Å². The van der Waals surface area contributed by atoms with Crippen LogP contribution in [0.2, 0.25) is 0 Å². The molecule has 0 bridgehead atoms. The number of nitrogens with zero attached hydrogens (tertiary/aromatic N) is 3. The van der Waals surface area contributed by atoms with E-state index < -0.39 is 4.92 Å². The van der Waals surface area contributed by atoms with Gasteiger partial charge in [0.2, 0.25) is 11.6 Å². The Labute approximate surface area is 146 Å². The van der Waals surface area contributed by atoms with Crippen molar-refractivity contribution in [3.05, 3.63) is 46.8 Å². The summed E-state index contributed by atoms with van der Waals surface area (Å²) < 4.78 is 0. The Morgan fingerprint density at radius 2 is 1.64 bits per heavy atom. The summed E-state index contributed by atoms with van der Waals surface area (Å²) in [7, 11) is 0. The maximum atomic E-state index is 11.6. The Hall–Kier alpha value is -2.90. The van der Waals surface area contributed by atoms with Crippen LogP contribution in [0.4, 0.5) is 23.0 Å². The van der Waals surface area contributed by atoms with Gasteiger partial charge in [-0.25, -0.2) is 9.97 Å². The number of nitrogens with one attached hydrogen (secondary N) is 3. The number of benzene rings is 1. The molecule has 1 saturated carbocycles. The van der Waals surface area contributed by atoms with Crippen LogP contribution >= 0.6 is 0 Å². The van der Waals surface area contributed by atoms with E-state index in [9.17, 15) is 10.1 Å². The minimum Gasteiger partial charge on any atom is -0.361 e. The van der Waals surface area contributed by atoms with Crippen LogP contribution in [0, 0.1) is 10.1 Å². The molecule has 1 fully saturated rings. The summed E-state index contributed by atoms with van der Waals surface area (Å²) in [6, 6.07) is 9.56. The summed E-state index contributed by atoms with van der Waals surface area (Å²) in [5, 5.41) is 14.8. The third-order valence-electron chi connectivity index (χ3n) is 4.30. The molecule has 0 saturated heterocycles. The number of hydrogen-bond acceptors (Lipinski definition) is 7. The molecule has 8 heteroatoms. The average molecular weight is 342 g/mol. The SMILES string of the molecule is O=[N+]([O-])c1c(NNc2ccccc2)ncnc1NC1CCCCCC1. The zero-order valence-corrected chi connectivity index (χ0v) is 13.9. The van der Waals surface area contributed by atoms with Gasteiger partial charge >= 0.3 is 5.69 Å². The van der Waals surface area contributed by atoms with E-state index in [0.29, 0.717) is 0 Å². The molecular weight excluding hydrogens is 320 g/mol. The van der Waals surface area contributed by atoms with E-state index in [-0.39, 0.29) is 23.4 Å². The molecule has 2 aromatic rings. The van der Waals surface area contributed by atoms with Gasteiger partial charge in [-0.05, 0) is 25.0 Å². The van der Waals surface area contributed by atoms with Crippen molar-refractivity contribution < 1.29 is 4.92 Å². The van der Waals surface area contributed by atoms with Crippen molar-refractivity contribution >= 4 is 23.0 Å². The van der Waals surface area contributed by atoms with Gasteiger partial charge in [-0.1, -0.05) is 43.9 Å². The van der Waals surface area contributed by atoms with Crippen LogP contribution in [0.15, 0.2) is 36.7 Å². The summed E-state index contributed by atoms with van der Waals surface area (Å²) in [5.74, 6) is 0.407. The lowest BCUT2D eigenvalue weighted by atomic mass is 10.1. The monoisotopic (exact) mass is 342 g/mol. The van der Waals surface area contributed by atoms with Crippen molar-refractivity contribution in [3.8, 4) is 0 Å². The second-order valence-corrected chi connectivity index (χ2v) is 6.13. The molecule has 132 valence electrons. The minimum atomic E-state index is -0.450. The highest BCUT2D eigenvalue weighted by atomic mass is 16.6. The molecule has 25 heavy (non-hydrogen) atoms. The van der Waals surface area contributed by atoms with E-state index in [1.54, 1.807) is 0 Å². The molecule has 0 atom stereocenters. The Kier molecular flexibility index (Phi) is 5.61. The topological polar surface area (TPSA) is 105 Å². The zero-order valence-electron chi connectivity index (χ0n) is 13.9. The predicted molar refractivity (Wildman–Crippen MR) is 97.5 cm³/mol. The summed E-state index contributed by atoms with van der Waals surface area (Å²) in [6.45, 7) is 0. The first-order valence-electron chi connectivity index (χ1n) is 8.57. The van der Waals surface area contributed by atoms with Gasteiger partial charge in [-0.15, -0.1) is 0 Å². The molecule has 1 heterocycles. The third kappa shape index (κ3) is 4.56. The van der Waals surface area contributed by atoms with Crippen LogP contribution in [0.25, 0.3) is 0 Å². The smallest absolute Gasteiger partial charge is 0.354 e. The van der Waals surface area contributed by atoms with E-state index in [1.807, 2.05) is 30.3 Å². The molecule has 3 rings (SSSR count). The van der Waals surface area contributed by atoms with Gasteiger partial charge in [0.1, 0.15) is 6.33 Å². The maximum absolute atomic E-state index is 11.6. The van der Waals surface area contributed by atoms with Gasteiger partial charge in [-0.3, -0.25) is 21.0 Å². The number of nitro groups is 1. The molecule has 1 aliphatic carbocycles. The molecule has 0 radical (unpaired) electrons. The summed E-state index contributed by atoms with van der Waals surface area (Å²) in [5.41, 5.74) is 6.39. The Morgan fingerprint density at radius 3 is 2.32 bits per heavy atom. The van der Waals surface area contributed by atoms with Gasteiger partial charge in [-0.2, -0.15) is 0 Å². The number of anilines is 3. The predicted octanol–water partition coefficient (Wildman–Crippen LogP) is 3.96. The highest BCUT2D eigenvalue weighted by molar-refractivity contribution is 5.70. The number of rotatable bonds is 6. The minimum absolute atomic E-state index is 0.139. The molecule has 1 aliphatic rings. The second kappa shape index (κ2) is 8.27. The summed E-state index contributed by atoms with van der Waals surface area (Å²) >= 11 is 0. The lowest BCUT2D eigenvalue weighted by Gasteiger charge is -2.17. The zero-order chi connectivity index (χ0) is 17.5. The van der Waals surface area contributed by atoms with E-state index >= 15 is 0 Å². The van der Waals surface area contributed by atoms with Crippen LogP contribution in [0.3, 0.4) is 0 Å². The first kappa shape index (κ1) is 16.9. The summed E-state index contributed by atoms with van der Waals surface area (Å²) in [4.78, 5) is 19.3. The number of hydrogen-bond donors (Lipinski definition) is 3. The van der Waals surface area contributed by atoms with Crippen molar-refractivity contribution in [3.63, 3.8) is 0 Å². The van der Waals surface area contributed by atoms with Gasteiger partial charge in [0, 0.05) is 6.04 Å². The quantitative estimate of drug-likeness (QED) is 0.414. The first-order valence-corrected chi connectivity index (χ1v) is 8.57. The van der Waals surface area contributed by atoms with Crippen molar-refractivity contribution in [1.82, 2.24) is 9.97 Å². The highest BCUT2D eigenvalue weighted by Gasteiger charge is 2.25. The van der Waals surface area contributed by atoms with Crippen LogP contribution in [-0.2, 0) is 0 Å². The van der Waals surface area contributed by atoms with Gasteiger partial charge in [0.25, 0.3) is 0 Å². The van der Waals surface area contributed by atoms with Crippen molar-refractivity contribution in [2.24, 2.45) is 0 Å². The third-order valence-corrected chi connectivity index (χ3v) is 4.30. The van der Waals surface area contributed by atoms with E-state index in [1.165, 1.54) is 19.2 Å². The van der Waals surface area contributed by atoms with Crippen LogP contribution < -0.4 is 16.2 Å². The second-order valence-electron chi connectivity index (χ2n) is 6.13. The van der Waals surface area contributed by atoms with E-state index in [2.05, 4.69) is 26.1 Å². The lowest BCUT2D eigenvalue weighted by Crippen LogP contribution is -2.21. The Bertz CT molecular complexity index is 702. The van der Waals surface area contributed by atoms with Crippen LogP contribution in [-0.4, -0.2) is 20.9 Å². The molecule has 0 spiro atoms. The Balaban J connectivity index is 1.77. The van der Waals surface area contributed by atoms with E-state index in [4.69, 9.17) is 0 Å². The molecule has 1 aromatic heterocycles. The molecule has 0 amide bonds. The van der Waals surface area contributed by atoms with Crippen LogP contribution in [0.1, 0.15) is 38.5 Å². The molecule has 0 aliphatic heterocycles. The summed E-state index contributed by atoms with van der Waals surface area (Å²) in [6.07, 6.45) is 8.06. The van der Waals surface area contributed by atoms with Crippen molar-refractivity contribution in [2.75, 3.05) is 16.2 Å². The fourth-order valence-corrected chi connectivity index (χ4v) is 3.02. The first-order chi connectivity index (χ1) is 12.2. The van der Waals surface area contributed by atoms with E-state index in [0.717, 1.165) is 31.4 Å². The molecule has 3 N–H and O–H groups in total. The lowest BCUT2D eigenvalue weighted by molar-refractivity contribution is -0.383. The van der Waals surface area contributed by atoms with Crippen molar-refractivity contribution in [1.29, 1.82) is 0 Å². The fraction of sp³-hybridized carbons (Fsp3) is 0.412. The standard InChI is InChI=1S/C17H22N6O2/c24-23(25)15-16(20-13-8-4-1-2-5-9-13)18-12-19-17(15)22-21-14-10-6-3-7-11-14/h3,6-7,10-13,21H,1-2,4-5,8-9H2,(H2,18,19,20,22). The molecular formula is C17H22N6O2. The highest BCUT2D eigenvalue weighted by Crippen LogP contribution is 2.31. The molecule has 8 nitrogen and oxygen atoms in total. The number of para-hydroxylation sites is 1. The van der Waals surface area contributed by atoms with Gasteiger partial charge < -0.3 is 5.32 Å². The largest absolute Gasteiger partial charge is 0.361 e. The number of aromatic nitrogens is 2. The molecule has 1 aromatic carbocycles. The average Bonchev–Trinajstić information content (AvgIpc) is 2.89. The fourth-order valence-electron chi connectivity index (χ4n) is 3.02.